The second-order valence-corrected chi connectivity index (χ2v) is 7.96. The molecule has 34 heavy (non-hydrogen) atoms. The molecule has 1 fully saturated rings. The van der Waals surface area contributed by atoms with Gasteiger partial charge < -0.3 is 15.1 Å². The smallest absolute Gasteiger partial charge is 0.353 e. The lowest BCUT2D eigenvalue weighted by atomic mass is 10.1. The van der Waals surface area contributed by atoms with Crippen molar-refractivity contribution in [2.75, 3.05) is 43.4 Å². The van der Waals surface area contributed by atoms with E-state index in [1.807, 2.05) is 7.05 Å². The minimum Gasteiger partial charge on any atom is -0.353 e. The van der Waals surface area contributed by atoms with Gasteiger partial charge in [0.05, 0.1) is 30.1 Å². The number of rotatable bonds is 5. The van der Waals surface area contributed by atoms with Gasteiger partial charge in [-0.15, -0.1) is 0 Å². The number of hydrogen-bond donors (Lipinski definition) is 1. The fourth-order valence-electron chi connectivity index (χ4n) is 3.63. The molecule has 3 aromatic rings. The third-order valence-electron chi connectivity index (χ3n) is 5.48. The molecule has 1 aromatic carbocycles. The van der Waals surface area contributed by atoms with Crippen LogP contribution in [-0.4, -0.2) is 58.6 Å². The van der Waals surface area contributed by atoms with E-state index >= 15 is 0 Å². The van der Waals surface area contributed by atoms with Gasteiger partial charge in [-0.25, -0.2) is 18.7 Å². The summed E-state index contributed by atoms with van der Waals surface area (Å²) in [7, 11) is 2.03. The van der Waals surface area contributed by atoms with Crippen molar-refractivity contribution in [3.05, 3.63) is 65.7 Å². The molecule has 2 aromatic heterocycles. The number of benzene rings is 1. The highest BCUT2D eigenvalue weighted by atomic mass is 19.4. The number of aromatic nitrogens is 3. The maximum absolute atomic E-state index is 14.7. The first-order chi connectivity index (χ1) is 16.1. The predicted octanol–water partition coefficient (Wildman–Crippen LogP) is 3.50. The van der Waals surface area contributed by atoms with E-state index in [0.717, 1.165) is 44.4 Å². The van der Waals surface area contributed by atoms with Crippen molar-refractivity contribution in [2.24, 2.45) is 0 Å². The average Bonchev–Trinajstić information content (AvgIpc) is 3.25. The van der Waals surface area contributed by atoms with Crippen LogP contribution in [0.1, 0.15) is 11.1 Å². The molecule has 0 radical (unpaired) electrons. The van der Waals surface area contributed by atoms with Gasteiger partial charge in [0.25, 0.3) is 0 Å². The third kappa shape index (κ3) is 5.16. The number of halogens is 5. The number of nitrogens with zero attached hydrogens (tertiary/aromatic N) is 5. The van der Waals surface area contributed by atoms with Gasteiger partial charge in [-0.2, -0.15) is 13.2 Å². The Labute approximate surface area is 191 Å². The Morgan fingerprint density at radius 2 is 1.85 bits per heavy atom. The van der Waals surface area contributed by atoms with E-state index in [-0.39, 0.29) is 11.5 Å². The van der Waals surface area contributed by atoms with Crippen molar-refractivity contribution < 1.29 is 26.7 Å². The average molecular weight is 480 g/mol. The number of piperazine rings is 1. The van der Waals surface area contributed by atoms with Crippen molar-refractivity contribution in [3.8, 4) is 5.82 Å². The first kappa shape index (κ1) is 23.6. The monoisotopic (exact) mass is 480 g/mol. The Morgan fingerprint density at radius 1 is 1.12 bits per heavy atom. The quantitative estimate of drug-likeness (QED) is 0.567. The molecule has 1 aliphatic rings. The van der Waals surface area contributed by atoms with Gasteiger partial charge in [0.1, 0.15) is 18.0 Å². The zero-order valence-corrected chi connectivity index (χ0v) is 18.1. The Bertz CT molecular complexity index is 1190. The van der Waals surface area contributed by atoms with Gasteiger partial charge in [-0.3, -0.25) is 9.36 Å². The number of hydrogen-bond acceptors (Lipinski definition) is 5. The third-order valence-corrected chi connectivity index (χ3v) is 5.48. The fourth-order valence-corrected chi connectivity index (χ4v) is 3.63. The summed E-state index contributed by atoms with van der Waals surface area (Å²) in [4.78, 5) is 24.8. The molecule has 7 nitrogen and oxygen atoms in total. The molecule has 1 aliphatic heterocycles. The van der Waals surface area contributed by atoms with Crippen molar-refractivity contribution in [1.82, 2.24) is 19.4 Å². The Hall–Kier alpha value is -3.54. The largest absolute Gasteiger partial charge is 0.419 e. The minimum absolute atomic E-state index is 0.0157. The molecule has 180 valence electrons. The minimum atomic E-state index is -4.88. The van der Waals surface area contributed by atoms with Gasteiger partial charge in [0, 0.05) is 32.2 Å². The summed E-state index contributed by atoms with van der Waals surface area (Å²) in [6.45, 7) is 3.36. The van der Waals surface area contributed by atoms with Gasteiger partial charge >= 0.3 is 6.18 Å². The van der Waals surface area contributed by atoms with Crippen LogP contribution >= 0.6 is 0 Å². The topological polar surface area (TPSA) is 66.3 Å². The summed E-state index contributed by atoms with van der Waals surface area (Å²) in [5.74, 6) is -2.41. The lowest BCUT2D eigenvalue weighted by Crippen LogP contribution is -2.44. The first-order valence-corrected chi connectivity index (χ1v) is 10.4. The molecular weight excluding hydrogens is 459 g/mol. The van der Waals surface area contributed by atoms with Gasteiger partial charge in [0.2, 0.25) is 5.91 Å². The van der Waals surface area contributed by atoms with E-state index in [2.05, 4.69) is 25.1 Å². The Morgan fingerprint density at radius 3 is 2.53 bits per heavy atom. The summed E-state index contributed by atoms with van der Waals surface area (Å²) in [5, 5.41) is 2.33. The van der Waals surface area contributed by atoms with Crippen LogP contribution in [0.4, 0.5) is 33.5 Å². The van der Waals surface area contributed by atoms with E-state index < -0.39 is 41.3 Å². The highest BCUT2D eigenvalue weighted by Crippen LogP contribution is 2.32. The normalized spacial score (nSPS) is 14.9. The molecule has 1 N–H and O–H groups in total. The molecular formula is C22H21F5N6O. The second kappa shape index (κ2) is 9.37. The van der Waals surface area contributed by atoms with Crippen LogP contribution in [0.2, 0.25) is 0 Å². The number of amides is 1. The maximum atomic E-state index is 14.7. The molecule has 0 atom stereocenters. The summed E-state index contributed by atoms with van der Waals surface area (Å²) in [6, 6.07) is 3.73. The van der Waals surface area contributed by atoms with Crippen molar-refractivity contribution in [3.63, 3.8) is 0 Å². The summed E-state index contributed by atoms with van der Waals surface area (Å²) >= 11 is 0. The van der Waals surface area contributed by atoms with E-state index in [9.17, 15) is 26.7 Å². The van der Waals surface area contributed by atoms with Crippen LogP contribution < -0.4 is 10.2 Å². The van der Waals surface area contributed by atoms with Crippen molar-refractivity contribution in [1.29, 1.82) is 0 Å². The molecule has 4 rings (SSSR count). The molecule has 0 aliphatic carbocycles. The van der Waals surface area contributed by atoms with Crippen molar-refractivity contribution in [2.45, 2.75) is 12.6 Å². The number of carbonyl (C=O) groups excluding carboxylic acids is 1. The van der Waals surface area contributed by atoms with Crippen LogP contribution in [0.15, 0.2) is 43.0 Å². The maximum Gasteiger partial charge on any atom is 0.419 e. The van der Waals surface area contributed by atoms with Crippen molar-refractivity contribution >= 4 is 17.4 Å². The number of nitrogens with one attached hydrogen (secondary N) is 1. The summed E-state index contributed by atoms with van der Waals surface area (Å²) in [5.41, 5.74) is -1.89. The molecule has 1 saturated heterocycles. The molecule has 0 saturated carbocycles. The van der Waals surface area contributed by atoms with Crippen LogP contribution in [-0.2, 0) is 17.4 Å². The molecule has 0 bridgehead atoms. The number of anilines is 2. The highest BCUT2D eigenvalue weighted by molar-refractivity contribution is 5.92. The fraction of sp³-hybridized carbons (Fsp3) is 0.318. The number of likely N-dealkylation sites (N-methyl/N-ethyl adjacent to an activating group) is 1. The zero-order chi connectivity index (χ0) is 24.5. The lowest BCUT2D eigenvalue weighted by molar-refractivity contribution is -0.140. The van der Waals surface area contributed by atoms with E-state index in [1.165, 1.54) is 17.1 Å². The summed E-state index contributed by atoms with van der Waals surface area (Å²) in [6.07, 6.45) is -1.24. The number of imidazole rings is 1. The van der Waals surface area contributed by atoms with E-state index in [4.69, 9.17) is 0 Å². The van der Waals surface area contributed by atoms with Crippen LogP contribution in [0.5, 0.6) is 0 Å². The van der Waals surface area contributed by atoms with Gasteiger partial charge in [-0.1, -0.05) is 12.1 Å². The predicted molar refractivity (Wildman–Crippen MR) is 115 cm³/mol. The molecule has 3 heterocycles. The number of carbonyl (C=O) groups is 1. The SMILES string of the molecule is CN1CCN(c2cn(-c3ncc(NC(=O)Cc4cccc(C(F)(F)F)c4F)cc3F)cn2)CC1. The standard InChI is InChI=1S/C22H21F5N6O/c1-31-5-7-32(8-6-31)18-12-33(13-29-18)21-17(23)10-15(11-28-21)30-19(34)9-14-3-2-4-16(20(14)24)22(25,26)27/h2-4,10-13H,5-9H2,1H3,(H,30,34). The van der Waals surface area contributed by atoms with Crippen LogP contribution in [0.3, 0.4) is 0 Å². The lowest BCUT2D eigenvalue weighted by Gasteiger charge is -2.32. The van der Waals surface area contributed by atoms with E-state index in [0.29, 0.717) is 11.9 Å². The van der Waals surface area contributed by atoms with Crippen LogP contribution in [0.25, 0.3) is 5.82 Å². The Balaban J connectivity index is 1.44. The molecule has 0 unspecified atom stereocenters. The van der Waals surface area contributed by atoms with Gasteiger partial charge in [-0.05, 0) is 18.7 Å². The summed E-state index contributed by atoms with van der Waals surface area (Å²) < 4.78 is 68.8. The van der Waals surface area contributed by atoms with Crippen LogP contribution in [0, 0.1) is 11.6 Å². The van der Waals surface area contributed by atoms with Gasteiger partial charge in [0.15, 0.2) is 11.6 Å². The molecule has 0 spiro atoms. The Kier molecular flexibility index (Phi) is 6.51. The number of alkyl halides is 3. The van der Waals surface area contributed by atoms with E-state index in [1.54, 1.807) is 6.20 Å². The zero-order valence-electron chi connectivity index (χ0n) is 18.1. The molecule has 1 amide bonds. The highest BCUT2D eigenvalue weighted by Gasteiger charge is 2.35. The molecule has 12 heteroatoms. The number of pyridine rings is 1. The second-order valence-electron chi connectivity index (χ2n) is 7.96. The first-order valence-electron chi connectivity index (χ1n) is 10.4.